The molecule has 1 saturated heterocycles. The lowest BCUT2D eigenvalue weighted by Gasteiger charge is -2.35. The van der Waals surface area contributed by atoms with Crippen LogP contribution in [0.2, 0.25) is 0 Å². The van der Waals surface area contributed by atoms with Gasteiger partial charge in [-0.15, -0.1) is 0 Å². The molecule has 0 aliphatic carbocycles. The molecule has 1 fully saturated rings. The Balaban J connectivity index is 2.45. The number of hydrogen-bond donors (Lipinski definition) is 4. The first-order valence-corrected chi connectivity index (χ1v) is 4.44. The lowest BCUT2D eigenvalue weighted by molar-refractivity contribution is -0.200. The molecule has 0 bridgehead atoms. The fourth-order valence-electron chi connectivity index (χ4n) is 1.15. The number of hydrogen-bond acceptors (Lipinski definition) is 6. The van der Waals surface area contributed by atoms with Gasteiger partial charge in [-0.2, -0.15) is 0 Å². The van der Waals surface area contributed by atoms with Crippen molar-refractivity contribution in [3.63, 3.8) is 0 Å². The molecule has 0 aromatic rings. The van der Waals surface area contributed by atoms with Crippen molar-refractivity contribution >= 4 is 5.91 Å². The molecule has 1 aliphatic heterocycles. The van der Waals surface area contributed by atoms with Crippen molar-refractivity contribution in [2.24, 2.45) is 0 Å². The van der Waals surface area contributed by atoms with Gasteiger partial charge in [0.05, 0.1) is 6.61 Å². The van der Waals surface area contributed by atoms with Gasteiger partial charge < -0.3 is 20.1 Å². The summed E-state index contributed by atoms with van der Waals surface area (Å²) in [6.07, 6.45) is -4.37. The van der Waals surface area contributed by atoms with Gasteiger partial charge in [0.15, 0.2) is 0 Å². The van der Waals surface area contributed by atoms with Crippen LogP contribution in [-0.4, -0.2) is 52.2 Å². The molecule has 1 rings (SSSR count). The summed E-state index contributed by atoms with van der Waals surface area (Å²) in [6.45, 7) is 1.94. The molecule has 15 heavy (non-hydrogen) atoms. The zero-order chi connectivity index (χ0) is 11.4. The van der Waals surface area contributed by atoms with E-state index >= 15 is 0 Å². The predicted molar refractivity (Wildman–Crippen MR) is 47.0 cm³/mol. The van der Waals surface area contributed by atoms with Crippen molar-refractivity contribution in [1.82, 2.24) is 5.48 Å². The molecule has 87 valence electrons. The summed E-state index contributed by atoms with van der Waals surface area (Å²) in [5, 5.41) is 27.7. The Morgan fingerprint density at radius 3 is 2.73 bits per heavy atom. The Kier molecular flexibility index (Phi) is 4.43. The molecular weight excluding hydrogens is 206 g/mol. The van der Waals surface area contributed by atoms with Gasteiger partial charge in [-0.25, -0.2) is 5.48 Å². The normalized spacial score (nSPS) is 36.3. The summed E-state index contributed by atoms with van der Waals surface area (Å²) < 4.78 is 4.89. The quantitative estimate of drug-likeness (QED) is 0.398. The summed E-state index contributed by atoms with van der Waals surface area (Å²) in [5.74, 6) is -0.436. The minimum Gasteiger partial charge on any atom is -0.394 e. The largest absolute Gasteiger partial charge is 0.394 e. The minimum atomic E-state index is -1.27. The van der Waals surface area contributed by atoms with Gasteiger partial charge in [0, 0.05) is 6.92 Å². The molecule has 0 saturated carbocycles. The van der Waals surface area contributed by atoms with Gasteiger partial charge in [-0.1, -0.05) is 0 Å². The summed E-state index contributed by atoms with van der Waals surface area (Å²) in [7, 11) is 0. The standard InChI is InChI=1S/C8H14NO6/c1-4(11)9-15-6-3-14-5(2-10)7(12)8(6)13/h3,5-8,10,12-13H,2H2,1H3,(H,9,11)/t5-,6+,7-,8-/m1/s1. The Morgan fingerprint density at radius 1 is 1.53 bits per heavy atom. The van der Waals surface area contributed by atoms with E-state index in [1.807, 2.05) is 5.48 Å². The highest BCUT2D eigenvalue weighted by Gasteiger charge is 2.39. The average molecular weight is 220 g/mol. The first-order chi connectivity index (χ1) is 7.06. The van der Waals surface area contributed by atoms with Crippen LogP contribution >= 0.6 is 0 Å². The van der Waals surface area contributed by atoms with E-state index in [9.17, 15) is 15.0 Å². The molecule has 4 N–H and O–H groups in total. The number of ether oxygens (including phenoxy) is 1. The molecule has 0 aromatic carbocycles. The van der Waals surface area contributed by atoms with E-state index in [-0.39, 0.29) is 0 Å². The van der Waals surface area contributed by atoms with E-state index < -0.39 is 36.9 Å². The van der Waals surface area contributed by atoms with E-state index in [2.05, 4.69) is 0 Å². The van der Waals surface area contributed by atoms with Gasteiger partial charge in [0.25, 0.3) is 0 Å². The molecule has 1 amide bonds. The number of hydroxylamine groups is 1. The van der Waals surface area contributed by atoms with Crippen LogP contribution < -0.4 is 5.48 Å². The van der Waals surface area contributed by atoms with Gasteiger partial charge >= 0.3 is 0 Å². The topological polar surface area (TPSA) is 108 Å². The van der Waals surface area contributed by atoms with Crippen molar-refractivity contribution in [2.75, 3.05) is 6.61 Å². The maximum absolute atomic E-state index is 10.5. The highest BCUT2D eigenvalue weighted by molar-refractivity contribution is 5.71. The number of aliphatic hydroxyl groups excluding tert-OH is 3. The fourth-order valence-corrected chi connectivity index (χ4v) is 1.15. The highest BCUT2D eigenvalue weighted by atomic mass is 16.7. The number of carbonyl (C=O) groups is 1. The smallest absolute Gasteiger partial charge is 0.240 e. The maximum Gasteiger partial charge on any atom is 0.240 e. The van der Waals surface area contributed by atoms with Crippen LogP contribution in [0.5, 0.6) is 0 Å². The van der Waals surface area contributed by atoms with Crippen LogP contribution in [0.4, 0.5) is 0 Å². The second kappa shape index (κ2) is 5.38. The Labute approximate surface area is 86.6 Å². The van der Waals surface area contributed by atoms with E-state index in [0.717, 1.165) is 6.61 Å². The van der Waals surface area contributed by atoms with Crippen molar-refractivity contribution in [2.45, 2.75) is 31.3 Å². The van der Waals surface area contributed by atoms with Crippen molar-refractivity contribution in [3.8, 4) is 0 Å². The molecule has 0 spiro atoms. The minimum absolute atomic E-state index is 0.415. The highest BCUT2D eigenvalue weighted by Crippen LogP contribution is 2.19. The predicted octanol–water partition coefficient (Wildman–Crippen LogP) is -2.30. The average Bonchev–Trinajstić information content (AvgIpc) is 2.20. The van der Waals surface area contributed by atoms with Crippen LogP contribution in [0.3, 0.4) is 0 Å². The summed E-state index contributed by atoms with van der Waals surface area (Å²) in [6, 6.07) is 0. The third-order valence-electron chi connectivity index (χ3n) is 1.97. The van der Waals surface area contributed by atoms with Crippen molar-refractivity contribution in [1.29, 1.82) is 0 Å². The monoisotopic (exact) mass is 220 g/mol. The third kappa shape index (κ3) is 3.11. The Bertz CT molecular complexity index is 223. The summed E-state index contributed by atoms with van der Waals surface area (Å²) in [4.78, 5) is 15.3. The lowest BCUT2D eigenvalue weighted by Crippen LogP contribution is -2.54. The van der Waals surface area contributed by atoms with E-state index in [0.29, 0.717) is 0 Å². The molecule has 0 aromatic heterocycles. The summed E-state index contributed by atoms with van der Waals surface area (Å²) in [5.41, 5.74) is 2.02. The third-order valence-corrected chi connectivity index (χ3v) is 1.97. The Hall–Kier alpha value is -0.730. The zero-order valence-electron chi connectivity index (χ0n) is 8.16. The molecule has 7 nitrogen and oxygen atoms in total. The zero-order valence-corrected chi connectivity index (χ0v) is 8.16. The second-order valence-corrected chi connectivity index (χ2v) is 3.22. The number of carbonyl (C=O) groups excluding carboxylic acids is 1. The maximum atomic E-state index is 10.5. The number of aliphatic hydroxyl groups is 3. The van der Waals surface area contributed by atoms with Crippen LogP contribution in [0.25, 0.3) is 0 Å². The molecule has 1 radical (unpaired) electrons. The van der Waals surface area contributed by atoms with E-state index in [1.54, 1.807) is 0 Å². The molecule has 7 heteroatoms. The van der Waals surface area contributed by atoms with Gasteiger partial charge in [-0.05, 0) is 0 Å². The molecular formula is C8H14NO6. The summed E-state index contributed by atoms with van der Waals surface area (Å²) >= 11 is 0. The van der Waals surface area contributed by atoms with Gasteiger partial charge in [-0.3, -0.25) is 9.63 Å². The first kappa shape index (κ1) is 12.3. The molecule has 4 atom stereocenters. The Morgan fingerprint density at radius 2 is 2.20 bits per heavy atom. The van der Waals surface area contributed by atoms with Crippen LogP contribution in [-0.2, 0) is 14.4 Å². The molecule has 1 heterocycles. The number of rotatable bonds is 3. The van der Waals surface area contributed by atoms with Crippen LogP contribution in [0.1, 0.15) is 6.92 Å². The van der Waals surface area contributed by atoms with Gasteiger partial charge in [0.2, 0.25) is 5.91 Å². The van der Waals surface area contributed by atoms with Gasteiger partial charge in [0.1, 0.15) is 31.0 Å². The fraction of sp³-hybridized carbons (Fsp3) is 0.750. The molecule has 1 aliphatic rings. The molecule has 0 unspecified atom stereocenters. The lowest BCUT2D eigenvalue weighted by atomic mass is 10.0. The second-order valence-electron chi connectivity index (χ2n) is 3.22. The van der Waals surface area contributed by atoms with E-state index in [4.69, 9.17) is 14.7 Å². The van der Waals surface area contributed by atoms with Crippen molar-refractivity contribution < 1.29 is 29.7 Å². The SMILES string of the molecule is CC(=O)NO[C@H]1[CH]O[C@H](CO)[C@@H](O)[C@@H]1O. The van der Waals surface area contributed by atoms with Crippen molar-refractivity contribution in [3.05, 3.63) is 6.61 Å². The van der Waals surface area contributed by atoms with E-state index in [1.165, 1.54) is 6.92 Å². The van der Waals surface area contributed by atoms with Crippen LogP contribution in [0.15, 0.2) is 0 Å². The number of nitrogens with one attached hydrogen (secondary N) is 1. The van der Waals surface area contributed by atoms with Crippen LogP contribution in [0, 0.1) is 6.61 Å². The first-order valence-electron chi connectivity index (χ1n) is 4.44. The number of amides is 1.